The van der Waals surface area contributed by atoms with E-state index in [4.69, 9.17) is 18.9 Å². The highest BCUT2D eigenvalue weighted by Crippen LogP contribution is 2.34. The summed E-state index contributed by atoms with van der Waals surface area (Å²) in [5.41, 5.74) is 2.14. The van der Waals surface area contributed by atoms with E-state index in [0.29, 0.717) is 18.7 Å². The lowest BCUT2D eigenvalue weighted by Gasteiger charge is -2.16. The zero-order valence-electron chi connectivity index (χ0n) is 17.9. The van der Waals surface area contributed by atoms with Crippen LogP contribution in [-0.4, -0.2) is 54.5 Å². The number of methoxy groups -OCH3 is 4. The van der Waals surface area contributed by atoms with Crippen LogP contribution in [0.25, 0.3) is 0 Å². The summed E-state index contributed by atoms with van der Waals surface area (Å²) in [5.74, 6) is 3.82. The van der Waals surface area contributed by atoms with Gasteiger partial charge in [-0.25, -0.2) is 0 Å². The number of nitrogens with one attached hydrogen (secondary N) is 2. The second-order valence-corrected chi connectivity index (χ2v) is 6.25. The minimum Gasteiger partial charge on any atom is -0.496 e. The normalized spacial score (nSPS) is 11.0. The Labute approximate surface area is 173 Å². The number of hydrogen-bond acceptors (Lipinski definition) is 5. The third-order valence-electron chi connectivity index (χ3n) is 4.59. The molecule has 2 N–H and O–H groups in total. The van der Waals surface area contributed by atoms with E-state index in [9.17, 15) is 0 Å². The van der Waals surface area contributed by atoms with Gasteiger partial charge < -0.3 is 29.6 Å². The van der Waals surface area contributed by atoms with Crippen molar-refractivity contribution >= 4 is 5.96 Å². The molecule has 0 aliphatic heterocycles. The fraction of sp³-hybridized carbons (Fsp3) is 0.409. The summed E-state index contributed by atoms with van der Waals surface area (Å²) in [4.78, 5) is 4.29. The van der Waals surface area contributed by atoms with Crippen LogP contribution in [0.2, 0.25) is 0 Å². The summed E-state index contributed by atoms with van der Waals surface area (Å²) in [6, 6.07) is 11.7. The molecule has 0 atom stereocenters. The minimum absolute atomic E-state index is 0.674. The third-order valence-corrected chi connectivity index (χ3v) is 4.59. The third kappa shape index (κ3) is 6.20. The van der Waals surface area contributed by atoms with E-state index in [-0.39, 0.29) is 0 Å². The molecule has 0 saturated heterocycles. The van der Waals surface area contributed by atoms with Gasteiger partial charge in [-0.1, -0.05) is 18.2 Å². The molecule has 2 aromatic carbocycles. The van der Waals surface area contributed by atoms with Crippen LogP contribution in [0.5, 0.6) is 23.0 Å². The highest BCUT2D eigenvalue weighted by molar-refractivity contribution is 5.79. The van der Waals surface area contributed by atoms with E-state index in [2.05, 4.69) is 21.7 Å². The Kier molecular flexibility index (Phi) is 8.95. The molecular weight excluding hydrogens is 370 g/mol. The van der Waals surface area contributed by atoms with Crippen molar-refractivity contribution in [2.45, 2.75) is 12.8 Å². The van der Waals surface area contributed by atoms with Crippen molar-refractivity contribution in [1.82, 2.24) is 10.6 Å². The Hall–Kier alpha value is -3.09. The molecule has 0 aromatic heterocycles. The van der Waals surface area contributed by atoms with Crippen molar-refractivity contribution in [2.75, 3.05) is 48.6 Å². The van der Waals surface area contributed by atoms with Crippen molar-refractivity contribution in [3.8, 4) is 23.0 Å². The van der Waals surface area contributed by atoms with Crippen LogP contribution in [0.4, 0.5) is 0 Å². The maximum atomic E-state index is 5.50. The second-order valence-electron chi connectivity index (χ2n) is 6.25. The fourth-order valence-electron chi connectivity index (χ4n) is 3.08. The lowest BCUT2D eigenvalue weighted by atomic mass is 10.1. The van der Waals surface area contributed by atoms with Crippen LogP contribution in [0.15, 0.2) is 41.4 Å². The van der Waals surface area contributed by atoms with Gasteiger partial charge in [0, 0.05) is 37.8 Å². The summed E-state index contributed by atoms with van der Waals surface area (Å²) in [6.45, 7) is 1.42. The van der Waals surface area contributed by atoms with Gasteiger partial charge in [-0.2, -0.15) is 0 Å². The van der Waals surface area contributed by atoms with Gasteiger partial charge in [0.15, 0.2) is 5.96 Å². The summed E-state index contributed by atoms with van der Waals surface area (Å²) in [7, 11) is 8.35. The molecule has 2 aromatic rings. The Morgan fingerprint density at radius 1 is 0.793 bits per heavy atom. The Balaban J connectivity index is 1.90. The number of nitrogens with zero attached hydrogens (tertiary/aromatic N) is 1. The molecule has 7 heteroatoms. The van der Waals surface area contributed by atoms with E-state index in [0.717, 1.165) is 47.3 Å². The van der Waals surface area contributed by atoms with Crippen LogP contribution in [0.1, 0.15) is 11.1 Å². The topological polar surface area (TPSA) is 73.3 Å². The Morgan fingerprint density at radius 2 is 1.38 bits per heavy atom. The molecule has 0 fully saturated rings. The molecule has 0 radical (unpaired) electrons. The number of hydrogen-bond donors (Lipinski definition) is 2. The molecule has 0 aliphatic carbocycles. The maximum absolute atomic E-state index is 5.50. The predicted molar refractivity (Wildman–Crippen MR) is 116 cm³/mol. The van der Waals surface area contributed by atoms with Gasteiger partial charge >= 0.3 is 0 Å². The molecule has 0 saturated carbocycles. The first-order chi connectivity index (χ1) is 14.2. The molecule has 0 unspecified atom stereocenters. The highest BCUT2D eigenvalue weighted by Gasteiger charge is 2.13. The number of aliphatic imine (C=N–C) groups is 1. The van der Waals surface area contributed by atoms with E-state index >= 15 is 0 Å². The predicted octanol–water partition coefficient (Wildman–Crippen LogP) is 2.67. The van der Waals surface area contributed by atoms with Gasteiger partial charge in [-0.15, -0.1) is 0 Å². The van der Waals surface area contributed by atoms with Crippen molar-refractivity contribution in [2.24, 2.45) is 4.99 Å². The van der Waals surface area contributed by atoms with Gasteiger partial charge in [-0.3, -0.25) is 4.99 Å². The summed E-state index contributed by atoms with van der Waals surface area (Å²) in [5, 5.41) is 6.66. The monoisotopic (exact) mass is 401 g/mol. The number of rotatable bonds is 10. The molecule has 0 amide bonds. The van der Waals surface area contributed by atoms with Crippen LogP contribution < -0.4 is 29.6 Å². The molecule has 158 valence electrons. The number of benzene rings is 2. The zero-order valence-corrected chi connectivity index (χ0v) is 17.9. The Morgan fingerprint density at radius 3 is 1.93 bits per heavy atom. The van der Waals surface area contributed by atoms with Crippen molar-refractivity contribution in [3.05, 3.63) is 47.5 Å². The first kappa shape index (κ1) is 22.2. The minimum atomic E-state index is 0.674. The highest BCUT2D eigenvalue weighted by atomic mass is 16.5. The van der Waals surface area contributed by atoms with E-state index in [1.54, 1.807) is 35.5 Å². The molecule has 2 rings (SSSR count). The van der Waals surface area contributed by atoms with Crippen LogP contribution in [-0.2, 0) is 12.8 Å². The van der Waals surface area contributed by atoms with E-state index in [1.165, 1.54) is 0 Å². The zero-order chi connectivity index (χ0) is 21.1. The van der Waals surface area contributed by atoms with Crippen LogP contribution >= 0.6 is 0 Å². The molecule has 0 bridgehead atoms. The number of guanidine groups is 1. The Bertz CT molecular complexity index is 783. The van der Waals surface area contributed by atoms with Crippen molar-refractivity contribution < 1.29 is 18.9 Å². The quantitative estimate of drug-likeness (QED) is 0.471. The van der Waals surface area contributed by atoms with Gasteiger partial charge in [0.25, 0.3) is 0 Å². The average Bonchev–Trinajstić information content (AvgIpc) is 2.77. The lowest BCUT2D eigenvalue weighted by molar-refractivity contribution is 0.368. The lowest BCUT2D eigenvalue weighted by Crippen LogP contribution is -2.39. The van der Waals surface area contributed by atoms with E-state index in [1.807, 2.05) is 30.3 Å². The SMILES string of the molecule is CN=C(NCCc1ccccc1OC)NCCc1c(OC)cc(OC)cc1OC. The fourth-order valence-corrected chi connectivity index (χ4v) is 3.08. The first-order valence-electron chi connectivity index (χ1n) is 9.52. The van der Waals surface area contributed by atoms with Crippen LogP contribution in [0, 0.1) is 0 Å². The van der Waals surface area contributed by atoms with Gasteiger partial charge in [0.2, 0.25) is 0 Å². The summed E-state index contributed by atoms with van der Waals surface area (Å²) >= 11 is 0. The van der Waals surface area contributed by atoms with Gasteiger partial charge in [-0.05, 0) is 24.5 Å². The maximum Gasteiger partial charge on any atom is 0.190 e. The molecule has 29 heavy (non-hydrogen) atoms. The molecule has 0 aliphatic rings. The largest absolute Gasteiger partial charge is 0.496 e. The molecule has 0 spiro atoms. The van der Waals surface area contributed by atoms with E-state index < -0.39 is 0 Å². The molecule has 0 heterocycles. The van der Waals surface area contributed by atoms with Crippen LogP contribution in [0.3, 0.4) is 0 Å². The molecular formula is C22H31N3O4. The number of para-hydroxylation sites is 1. The average molecular weight is 402 g/mol. The van der Waals surface area contributed by atoms with Crippen molar-refractivity contribution in [3.63, 3.8) is 0 Å². The molecule has 7 nitrogen and oxygen atoms in total. The standard InChI is InChI=1S/C22H31N3O4/c1-23-22(24-12-10-16-8-6-7-9-19(16)27-3)25-13-11-18-20(28-4)14-17(26-2)15-21(18)29-5/h6-9,14-15H,10-13H2,1-5H3,(H2,23,24,25). The summed E-state index contributed by atoms with van der Waals surface area (Å²) in [6.07, 6.45) is 1.55. The van der Waals surface area contributed by atoms with Crippen molar-refractivity contribution in [1.29, 1.82) is 0 Å². The smallest absolute Gasteiger partial charge is 0.190 e. The van der Waals surface area contributed by atoms with Gasteiger partial charge in [0.05, 0.1) is 28.4 Å². The van der Waals surface area contributed by atoms with Gasteiger partial charge in [0.1, 0.15) is 23.0 Å². The first-order valence-corrected chi connectivity index (χ1v) is 9.52. The number of ether oxygens (including phenoxy) is 4. The second kappa shape index (κ2) is 11.7. The summed E-state index contributed by atoms with van der Waals surface area (Å²) < 4.78 is 21.7.